The quantitative estimate of drug-likeness (QED) is 0.300. The van der Waals surface area contributed by atoms with Crippen molar-refractivity contribution < 1.29 is 15.3 Å². The average Bonchev–Trinajstić information content (AvgIpc) is 2.78. The van der Waals surface area contributed by atoms with Gasteiger partial charge in [0.05, 0.1) is 23.7 Å². The highest BCUT2D eigenvalue weighted by Gasteiger charge is 2.11. The maximum atomic E-state index is 12.3. The van der Waals surface area contributed by atoms with Gasteiger partial charge in [0.15, 0.2) is 11.5 Å². The van der Waals surface area contributed by atoms with Crippen molar-refractivity contribution >= 4 is 17.0 Å². The summed E-state index contributed by atoms with van der Waals surface area (Å²) in [5.74, 6) is -0.767. The Balaban J connectivity index is 1.77. The fourth-order valence-electron chi connectivity index (χ4n) is 3.32. The van der Waals surface area contributed by atoms with E-state index in [4.69, 9.17) is 5.26 Å². The second-order valence-corrected chi connectivity index (χ2v) is 6.96. The number of H-pyrrole nitrogens is 1. The molecule has 0 saturated carbocycles. The van der Waals surface area contributed by atoms with Crippen molar-refractivity contribution in [3.63, 3.8) is 0 Å². The summed E-state index contributed by atoms with van der Waals surface area (Å²) in [5, 5.41) is 39.4. The third-order valence-corrected chi connectivity index (χ3v) is 4.90. The number of nitrogens with one attached hydrogen (secondary N) is 1. The van der Waals surface area contributed by atoms with E-state index in [1.54, 1.807) is 42.5 Å². The van der Waals surface area contributed by atoms with Crippen molar-refractivity contribution in [3.8, 4) is 34.6 Å². The molecule has 0 aliphatic carbocycles. The smallest absolute Gasteiger partial charge is 0.258 e. The highest BCUT2D eigenvalue weighted by Crippen LogP contribution is 2.28. The van der Waals surface area contributed by atoms with Crippen molar-refractivity contribution in [2.75, 3.05) is 0 Å². The van der Waals surface area contributed by atoms with E-state index in [-0.39, 0.29) is 23.9 Å². The Morgan fingerprint density at radius 3 is 2.52 bits per heavy atom. The van der Waals surface area contributed by atoms with Crippen LogP contribution >= 0.6 is 0 Å². The summed E-state index contributed by atoms with van der Waals surface area (Å²) in [4.78, 5) is 19.0. The molecule has 0 fully saturated rings. The number of aromatic amines is 1. The van der Waals surface area contributed by atoms with Crippen molar-refractivity contribution in [2.45, 2.75) is 6.54 Å². The van der Waals surface area contributed by atoms with Crippen LogP contribution in [0, 0.1) is 11.3 Å². The molecule has 4 rings (SSSR count). The number of rotatable bonds is 4. The molecule has 3 aromatic carbocycles. The zero-order valence-corrected chi connectivity index (χ0v) is 16.2. The molecule has 4 N–H and O–H groups in total. The standard InChI is InChI=1S/C24H17N3O4/c25-11-14-2-1-3-16(8-14)17-5-6-18-19(10-17)20(24(31)27-23(18)30)13-26-12-15-4-7-21(28)22(29)9-15/h1-10,13,28-29H,12H2,(H2,27,30,31). The number of pyridine rings is 1. The molecule has 0 unspecified atom stereocenters. The van der Waals surface area contributed by atoms with Crippen molar-refractivity contribution in [2.24, 2.45) is 4.99 Å². The second-order valence-electron chi connectivity index (χ2n) is 6.96. The largest absolute Gasteiger partial charge is 0.504 e. The van der Waals surface area contributed by atoms with E-state index in [9.17, 15) is 20.1 Å². The molecule has 7 heteroatoms. The van der Waals surface area contributed by atoms with E-state index in [0.29, 0.717) is 27.5 Å². The SMILES string of the molecule is N#Cc1cccc(-c2ccc3c(=O)[nH]c(O)c(C=NCc4ccc(O)c(O)c4)c3c2)c1. The Labute approximate surface area is 176 Å². The molecular formula is C24H17N3O4. The topological polar surface area (TPSA) is 130 Å². The maximum absolute atomic E-state index is 12.3. The zero-order valence-electron chi connectivity index (χ0n) is 16.2. The Morgan fingerprint density at radius 1 is 0.935 bits per heavy atom. The summed E-state index contributed by atoms with van der Waals surface area (Å²) in [6.45, 7) is 0.192. The predicted octanol–water partition coefficient (Wildman–Crippen LogP) is 3.80. The minimum Gasteiger partial charge on any atom is -0.504 e. The first-order valence-corrected chi connectivity index (χ1v) is 9.36. The predicted molar refractivity (Wildman–Crippen MR) is 117 cm³/mol. The highest BCUT2D eigenvalue weighted by atomic mass is 16.3. The molecule has 1 aromatic heterocycles. The number of hydrogen-bond acceptors (Lipinski definition) is 6. The van der Waals surface area contributed by atoms with Crippen LogP contribution in [0.2, 0.25) is 0 Å². The van der Waals surface area contributed by atoms with Crippen LogP contribution < -0.4 is 5.56 Å². The molecular weight excluding hydrogens is 394 g/mol. The molecule has 1 heterocycles. The molecule has 0 atom stereocenters. The van der Waals surface area contributed by atoms with Gasteiger partial charge in [-0.2, -0.15) is 5.26 Å². The van der Waals surface area contributed by atoms with Crippen molar-refractivity contribution in [3.05, 3.63) is 87.7 Å². The Morgan fingerprint density at radius 2 is 1.74 bits per heavy atom. The Bertz CT molecular complexity index is 1430. The highest BCUT2D eigenvalue weighted by molar-refractivity contribution is 6.02. The third-order valence-electron chi connectivity index (χ3n) is 4.90. The summed E-state index contributed by atoms with van der Waals surface area (Å²) in [7, 11) is 0. The van der Waals surface area contributed by atoms with E-state index in [2.05, 4.69) is 16.0 Å². The van der Waals surface area contributed by atoms with Crippen LogP contribution in [0.4, 0.5) is 0 Å². The number of phenolic OH excluding ortho intramolecular Hbond substituents is 2. The average molecular weight is 411 g/mol. The summed E-state index contributed by atoms with van der Waals surface area (Å²) in [5.41, 5.74) is 2.69. The van der Waals surface area contributed by atoms with Gasteiger partial charge in [0.1, 0.15) is 0 Å². The normalized spacial score (nSPS) is 11.1. The van der Waals surface area contributed by atoms with Crippen LogP contribution in [-0.2, 0) is 6.54 Å². The van der Waals surface area contributed by atoms with E-state index < -0.39 is 5.56 Å². The summed E-state index contributed by atoms with van der Waals surface area (Å²) >= 11 is 0. The molecule has 0 spiro atoms. The van der Waals surface area contributed by atoms with Gasteiger partial charge >= 0.3 is 0 Å². The minimum absolute atomic E-state index is 0.192. The molecule has 0 bridgehead atoms. The first kappa shape index (κ1) is 19.7. The van der Waals surface area contributed by atoms with E-state index in [0.717, 1.165) is 11.1 Å². The van der Waals surface area contributed by atoms with Gasteiger partial charge in [0, 0.05) is 17.0 Å². The monoisotopic (exact) mass is 411 g/mol. The van der Waals surface area contributed by atoms with Gasteiger partial charge in [-0.15, -0.1) is 0 Å². The lowest BCUT2D eigenvalue weighted by Gasteiger charge is -2.08. The van der Waals surface area contributed by atoms with Gasteiger partial charge in [-0.1, -0.05) is 24.3 Å². The summed E-state index contributed by atoms with van der Waals surface area (Å²) in [6.07, 6.45) is 1.45. The fourth-order valence-corrected chi connectivity index (χ4v) is 3.32. The van der Waals surface area contributed by atoms with Crippen molar-refractivity contribution in [1.29, 1.82) is 5.26 Å². The lowest BCUT2D eigenvalue weighted by Crippen LogP contribution is -2.08. The number of aliphatic imine (C=N–C) groups is 1. The lowest BCUT2D eigenvalue weighted by atomic mass is 9.98. The van der Waals surface area contributed by atoms with Crippen LogP contribution in [0.3, 0.4) is 0 Å². The number of benzene rings is 3. The Kier molecular flexibility index (Phi) is 5.12. The number of nitriles is 1. The van der Waals surface area contributed by atoms with Gasteiger partial charge in [-0.25, -0.2) is 0 Å². The molecule has 0 radical (unpaired) electrons. The minimum atomic E-state index is -0.426. The Hall–Kier alpha value is -4.57. The molecule has 7 nitrogen and oxygen atoms in total. The number of nitrogens with zero attached hydrogens (tertiary/aromatic N) is 2. The number of hydrogen-bond donors (Lipinski definition) is 4. The maximum Gasteiger partial charge on any atom is 0.258 e. The molecule has 0 saturated heterocycles. The molecule has 4 aromatic rings. The first-order valence-electron chi connectivity index (χ1n) is 9.36. The third kappa shape index (κ3) is 3.95. The van der Waals surface area contributed by atoms with Crippen LogP contribution in [0.15, 0.2) is 70.5 Å². The molecule has 0 aliphatic heterocycles. The van der Waals surface area contributed by atoms with E-state index in [1.807, 2.05) is 6.07 Å². The van der Waals surface area contributed by atoms with Gasteiger partial charge in [0.25, 0.3) is 5.56 Å². The number of phenols is 2. The molecule has 152 valence electrons. The molecule has 31 heavy (non-hydrogen) atoms. The van der Waals surface area contributed by atoms with E-state index in [1.165, 1.54) is 18.3 Å². The van der Waals surface area contributed by atoms with Crippen molar-refractivity contribution in [1.82, 2.24) is 4.98 Å². The van der Waals surface area contributed by atoms with Gasteiger partial charge in [-0.05, 0) is 53.1 Å². The zero-order chi connectivity index (χ0) is 22.0. The van der Waals surface area contributed by atoms with Crippen LogP contribution in [0.1, 0.15) is 16.7 Å². The van der Waals surface area contributed by atoms with Crippen LogP contribution in [-0.4, -0.2) is 26.5 Å². The van der Waals surface area contributed by atoms with Gasteiger partial charge < -0.3 is 15.3 Å². The number of aromatic hydroxyl groups is 3. The van der Waals surface area contributed by atoms with Crippen LogP contribution in [0.25, 0.3) is 21.9 Å². The van der Waals surface area contributed by atoms with Crippen LogP contribution in [0.5, 0.6) is 17.4 Å². The fraction of sp³-hybridized carbons (Fsp3) is 0.0417. The number of fused-ring (bicyclic) bond motifs is 1. The second kappa shape index (κ2) is 8.05. The molecule has 0 aliphatic rings. The van der Waals surface area contributed by atoms with Gasteiger partial charge in [-0.3, -0.25) is 14.8 Å². The number of aromatic nitrogens is 1. The van der Waals surface area contributed by atoms with E-state index >= 15 is 0 Å². The summed E-state index contributed by atoms with van der Waals surface area (Å²) < 4.78 is 0. The van der Waals surface area contributed by atoms with Gasteiger partial charge in [0.2, 0.25) is 5.88 Å². The first-order chi connectivity index (χ1) is 15.0. The summed E-state index contributed by atoms with van der Waals surface area (Å²) in [6, 6.07) is 18.8. The lowest BCUT2D eigenvalue weighted by molar-refractivity contribution is 0.403. The molecule has 0 amide bonds.